The minimum absolute atomic E-state index is 0.156. The topological polar surface area (TPSA) is 59.4 Å². The maximum absolute atomic E-state index is 12.8. The van der Waals surface area contributed by atoms with Gasteiger partial charge in [0.25, 0.3) is 5.91 Å². The highest BCUT2D eigenvalue weighted by atomic mass is 16.5. The Labute approximate surface area is 164 Å². The van der Waals surface area contributed by atoms with Gasteiger partial charge >= 0.3 is 0 Å². The third-order valence-electron chi connectivity index (χ3n) is 5.08. The minimum atomic E-state index is -0.156. The van der Waals surface area contributed by atoms with Crippen molar-refractivity contribution in [3.8, 4) is 11.3 Å². The van der Waals surface area contributed by atoms with Crippen molar-refractivity contribution in [1.82, 2.24) is 14.6 Å². The average molecular weight is 376 g/mol. The molecule has 0 atom stereocenters. The number of amides is 1. The Morgan fingerprint density at radius 2 is 1.82 bits per heavy atom. The van der Waals surface area contributed by atoms with Crippen molar-refractivity contribution >= 4 is 5.91 Å². The Morgan fingerprint density at radius 1 is 1.11 bits per heavy atom. The molecule has 0 radical (unpaired) electrons. The molecule has 3 heterocycles. The zero-order valence-corrected chi connectivity index (χ0v) is 16.0. The third kappa shape index (κ3) is 3.98. The fraction of sp³-hybridized carbons (Fsp3) is 0.273. The summed E-state index contributed by atoms with van der Waals surface area (Å²) in [4.78, 5) is 19.1. The van der Waals surface area contributed by atoms with E-state index in [4.69, 9.17) is 4.74 Å². The van der Waals surface area contributed by atoms with Crippen LogP contribution in [0.5, 0.6) is 0 Å². The molecular formula is C22H24N4O2. The molecule has 1 aliphatic heterocycles. The molecule has 144 valence electrons. The van der Waals surface area contributed by atoms with Crippen molar-refractivity contribution in [1.29, 1.82) is 0 Å². The van der Waals surface area contributed by atoms with Crippen LogP contribution in [0.3, 0.4) is 0 Å². The number of morpholine rings is 1. The molecule has 4 rings (SSSR count). The van der Waals surface area contributed by atoms with Crippen molar-refractivity contribution in [2.45, 2.75) is 13.5 Å². The summed E-state index contributed by atoms with van der Waals surface area (Å²) >= 11 is 0. The molecule has 1 saturated heterocycles. The van der Waals surface area contributed by atoms with E-state index < -0.39 is 0 Å². The van der Waals surface area contributed by atoms with Crippen molar-refractivity contribution in [3.63, 3.8) is 0 Å². The summed E-state index contributed by atoms with van der Waals surface area (Å²) in [7, 11) is 0. The molecule has 0 spiro atoms. The zero-order chi connectivity index (χ0) is 19.3. The monoisotopic (exact) mass is 376 g/mol. The lowest BCUT2D eigenvalue weighted by atomic mass is 10.1. The van der Waals surface area contributed by atoms with Gasteiger partial charge in [-0.05, 0) is 30.7 Å². The lowest BCUT2D eigenvalue weighted by Gasteiger charge is -2.26. The summed E-state index contributed by atoms with van der Waals surface area (Å²) in [6.45, 7) is 6.28. The number of carbonyl (C=O) groups is 1. The van der Waals surface area contributed by atoms with Crippen molar-refractivity contribution < 1.29 is 9.53 Å². The summed E-state index contributed by atoms with van der Waals surface area (Å²) in [5, 5.41) is 0. The first-order chi connectivity index (χ1) is 13.7. The number of rotatable bonds is 5. The van der Waals surface area contributed by atoms with E-state index in [2.05, 4.69) is 40.4 Å². The number of nitrogens with one attached hydrogen (secondary N) is 1. The molecule has 0 saturated carbocycles. The second kappa shape index (κ2) is 8.37. The molecule has 28 heavy (non-hydrogen) atoms. The van der Waals surface area contributed by atoms with Crippen LogP contribution < -0.4 is 5.43 Å². The van der Waals surface area contributed by atoms with E-state index in [1.807, 2.05) is 22.9 Å². The van der Waals surface area contributed by atoms with Gasteiger partial charge in [-0.1, -0.05) is 30.3 Å². The number of aromatic nitrogens is 2. The largest absolute Gasteiger partial charge is 0.379 e. The molecule has 1 aliphatic rings. The van der Waals surface area contributed by atoms with Crippen LogP contribution in [0.15, 0.2) is 60.9 Å². The van der Waals surface area contributed by atoms with Crippen LogP contribution in [0.1, 0.15) is 21.6 Å². The van der Waals surface area contributed by atoms with Gasteiger partial charge < -0.3 is 4.74 Å². The van der Waals surface area contributed by atoms with E-state index in [-0.39, 0.29) is 5.91 Å². The molecule has 2 aromatic heterocycles. The second-order valence-corrected chi connectivity index (χ2v) is 6.91. The number of carbonyl (C=O) groups excluding carboxylic acids is 1. The highest BCUT2D eigenvalue weighted by molar-refractivity contribution is 6.00. The Balaban J connectivity index is 1.67. The van der Waals surface area contributed by atoms with Gasteiger partial charge in [0.05, 0.1) is 18.9 Å². The van der Waals surface area contributed by atoms with E-state index >= 15 is 0 Å². The molecule has 3 aromatic rings. The molecule has 0 unspecified atom stereocenters. The van der Waals surface area contributed by atoms with E-state index in [0.29, 0.717) is 5.56 Å². The van der Waals surface area contributed by atoms with Crippen LogP contribution in [-0.2, 0) is 11.3 Å². The van der Waals surface area contributed by atoms with Crippen LogP contribution in [0.25, 0.3) is 11.3 Å². The zero-order valence-electron chi connectivity index (χ0n) is 16.0. The van der Waals surface area contributed by atoms with Gasteiger partial charge in [0.2, 0.25) is 0 Å². The van der Waals surface area contributed by atoms with Gasteiger partial charge in [0, 0.05) is 48.8 Å². The van der Waals surface area contributed by atoms with Gasteiger partial charge in [0.15, 0.2) is 0 Å². The summed E-state index contributed by atoms with van der Waals surface area (Å²) in [5.74, 6) is -0.156. The summed E-state index contributed by atoms with van der Waals surface area (Å²) in [6.07, 6.45) is 3.25. The van der Waals surface area contributed by atoms with Gasteiger partial charge in [-0.15, -0.1) is 0 Å². The molecule has 6 nitrogen and oxygen atoms in total. The molecule has 1 amide bonds. The van der Waals surface area contributed by atoms with Crippen molar-refractivity contribution in [2.24, 2.45) is 0 Å². The minimum Gasteiger partial charge on any atom is -0.379 e. The number of benzene rings is 1. The lowest BCUT2D eigenvalue weighted by molar-refractivity contribution is 0.0341. The second-order valence-electron chi connectivity index (χ2n) is 6.91. The quantitative estimate of drug-likeness (QED) is 0.743. The summed E-state index contributed by atoms with van der Waals surface area (Å²) in [6, 6.07) is 15.7. The van der Waals surface area contributed by atoms with Crippen LogP contribution in [-0.4, -0.2) is 46.8 Å². The number of hydrogen-bond donors (Lipinski definition) is 1. The van der Waals surface area contributed by atoms with Crippen LogP contribution in [0.4, 0.5) is 0 Å². The fourth-order valence-corrected chi connectivity index (χ4v) is 3.45. The number of hydrogen-bond acceptors (Lipinski definition) is 4. The smallest absolute Gasteiger partial charge is 0.270 e. The Bertz CT molecular complexity index is 932. The summed E-state index contributed by atoms with van der Waals surface area (Å²) in [5.41, 5.74) is 7.92. The van der Waals surface area contributed by atoms with Gasteiger partial charge in [-0.3, -0.25) is 24.8 Å². The first-order valence-corrected chi connectivity index (χ1v) is 9.50. The maximum atomic E-state index is 12.8. The van der Waals surface area contributed by atoms with Crippen molar-refractivity contribution in [2.75, 3.05) is 31.7 Å². The third-order valence-corrected chi connectivity index (χ3v) is 5.08. The first-order valence-electron chi connectivity index (χ1n) is 9.50. The van der Waals surface area contributed by atoms with Crippen molar-refractivity contribution in [3.05, 3.63) is 77.7 Å². The number of pyridine rings is 1. The fourth-order valence-electron chi connectivity index (χ4n) is 3.45. The maximum Gasteiger partial charge on any atom is 0.270 e. The molecule has 1 fully saturated rings. The Morgan fingerprint density at radius 3 is 2.54 bits per heavy atom. The van der Waals surface area contributed by atoms with E-state index in [1.165, 1.54) is 5.56 Å². The number of nitrogens with zero attached hydrogens (tertiary/aromatic N) is 3. The predicted molar refractivity (Wildman–Crippen MR) is 109 cm³/mol. The number of ether oxygens (including phenoxy) is 1. The summed E-state index contributed by atoms with van der Waals surface area (Å²) < 4.78 is 7.36. The highest BCUT2D eigenvalue weighted by Crippen LogP contribution is 2.26. The van der Waals surface area contributed by atoms with Crippen LogP contribution in [0, 0.1) is 6.92 Å². The normalized spacial score (nSPS) is 14.8. The molecule has 1 aromatic carbocycles. The predicted octanol–water partition coefficient (Wildman–Crippen LogP) is 3.07. The lowest BCUT2D eigenvalue weighted by Crippen LogP contribution is -2.35. The van der Waals surface area contributed by atoms with E-state index in [1.54, 1.807) is 24.5 Å². The van der Waals surface area contributed by atoms with Crippen LogP contribution in [0.2, 0.25) is 0 Å². The Hall–Kier alpha value is -2.96. The van der Waals surface area contributed by atoms with Gasteiger partial charge in [0.1, 0.15) is 0 Å². The standard InChI is InChI=1S/C22H24N4O2/c1-17-20(16-25-11-13-28-14-12-25)15-21(18-5-3-2-4-6-18)26(17)24-22(27)19-7-9-23-10-8-19/h2-10,15H,11-14,16H2,1H3,(H,24,27). The SMILES string of the molecule is Cc1c(CN2CCOCC2)cc(-c2ccccc2)n1NC(=O)c1ccncc1. The van der Waals surface area contributed by atoms with Crippen LogP contribution >= 0.6 is 0 Å². The highest BCUT2D eigenvalue weighted by Gasteiger charge is 2.19. The molecular weight excluding hydrogens is 352 g/mol. The first kappa shape index (κ1) is 18.4. The molecule has 0 bridgehead atoms. The average Bonchev–Trinajstić information content (AvgIpc) is 3.05. The van der Waals surface area contributed by atoms with E-state index in [9.17, 15) is 4.79 Å². The Kier molecular flexibility index (Phi) is 5.50. The molecule has 1 N–H and O–H groups in total. The molecule has 6 heteroatoms. The van der Waals surface area contributed by atoms with E-state index in [0.717, 1.165) is 49.8 Å². The molecule has 0 aliphatic carbocycles. The van der Waals surface area contributed by atoms with Gasteiger partial charge in [-0.25, -0.2) is 0 Å². The van der Waals surface area contributed by atoms with Gasteiger partial charge in [-0.2, -0.15) is 0 Å².